The molecule has 2 heterocycles. The van der Waals surface area contributed by atoms with Crippen molar-refractivity contribution in [3.05, 3.63) is 29.6 Å². The first-order valence-electron chi connectivity index (χ1n) is 6.47. The predicted molar refractivity (Wildman–Crippen MR) is 70.4 cm³/mol. The van der Waals surface area contributed by atoms with E-state index in [9.17, 15) is 9.18 Å². The van der Waals surface area contributed by atoms with Crippen molar-refractivity contribution in [2.24, 2.45) is 5.73 Å². The van der Waals surface area contributed by atoms with E-state index in [1.165, 1.54) is 6.07 Å². The summed E-state index contributed by atoms with van der Waals surface area (Å²) >= 11 is 0. The summed E-state index contributed by atoms with van der Waals surface area (Å²) in [5, 5.41) is 2.83. The molecule has 19 heavy (non-hydrogen) atoms. The van der Waals surface area contributed by atoms with E-state index in [0.717, 1.165) is 18.8 Å². The number of benzene rings is 1. The Balaban J connectivity index is 1.77. The van der Waals surface area contributed by atoms with Crippen LogP contribution in [0.3, 0.4) is 0 Å². The standard InChI is InChI=1S/C13H17FN4O/c14-12-5-10(2-1-9(12)6-15)17-3-4-18-11(8-17)7-16-13(18)19/h1-2,5,11H,3-4,6-8,15H2,(H,16,19). The van der Waals surface area contributed by atoms with E-state index in [0.29, 0.717) is 18.7 Å². The summed E-state index contributed by atoms with van der Waals surface area (Å²) in [6.45, 7) is 3.02. The smallest absolute Gasteiger partial charge is 0.317 e. The van der Waals surface area contributed by atoms with Gasteiger partial charge in [0.25, 0.3) is 0 Å². The Labute approximate surface area is 111 Å². The average molecular weight is 264 g/mol. The largest absolute Gasteiger partial charge is 0.368 e. The number of hydrogen-bond donors (Lipinski definition) is 2. The molecular weight excluding hydrogens is 247 g/mol. The van der Waals surface area contributed by atoms with Gasteiger partial charge in [0.2, 0.25) is 0 Å². The predicted octanol–water partition coefficient (Wildman–Crippen LogP) is 0.498. The third kappa shape index (κ3) is 2.12. The van der Waals surface area contributed by atoms with Gasteiger partial charge in [-0.25, -0.2) is 9.18 Å². The first kappa shape index (κ1) is 12.2. The number of carbonyl (C=O) groups is 1. The van der Waals surface area contributed by atoms with Gasteiger partial charge < -0.3 is 20.9 Å². The molecule has 102 valence electrons. The molecule has 3 rings (SSSR count). The molecule has 0 radical (unpaired) electrons. The van der Waals surface area contributed by atoms with Gasteiger partial charge in [-0.2, -0.15) is 0 Å². The Hall–Kier alpha value is -1.82. The number of anilines is 1. The molecule has 0 aromatic heterocycles. The van der Waals surface area contributed by atoms with Gasteiger partial charge in [-0.3, -0.25) is 0 Å². The molecule has 3 N–H and O–H groups in total. The van der Waals surface area contributed by atoms with Crippen LogP contribution in [0.4, 0.5) is 14.9 Å². The summed E-state index contributed by atoms with van der Waals surface area (Å²) in [5.41, 5.74) is 6.84. The van der Waals surface area contributed by atoms with Crippen LogP contribution in [0.25, 0.3) is 0 Å². The van der Waals surface area contributed by atoms with E-state index in [2.05, 4.69) is 10.2 Å². The molecule has 1 atom stereocenters. The van der Waals surface area contributed by atoms with E-state index in [-0.39, 0.29) is 24.4 Å². The SMILES string of the molecule is NCc1ccc(N2CCN3C(=O)NCC3C2)cc1F. The minimum absolute atomic E-state index is 0.00862. The van der Waals surface area contributed by atoms with E-state index in [1.54, 1.807) is 6.07 Å². The first-order valence-corrected chi connectivity index (χ1v) is 6.47. The minimum atomic E-state index is -0.261. The lowest BCUT2D eigenvalue weighted by molar-refractivity contribution is 0.197. The lowest BCUT2D eigenvalue weighted by atomic mass is 10.1. The van der Waals surface area contributed by atoms with Crippen LogP contribution in [0.15, 0.2) is 18.2 Å². The number of nitrogens with zero attached hydrogens (tertiary/aromatic N) is 2. The Morgan fingerprint density at radius 1 is 1.42 bits per heavy atom. The summed E-state index contributed by atoms with van der Waals surface area (Å²) < 4.78 is 13.8. The average Bonchev–Trinajstić information content (AvgIpc) is 2.80. The van der Waals surface area contributed by atoms with Crippen LogP contribution >= 0.6 is 0 Å². The highest BCUT2D eigenvalue weighted by atomic mass is 19.1. The molecule has 1 unspecified atom stereocenters. The summed E-state index contributed by atoms with van der Waals surface area (Å²) in [7, 11) is 0. The Morgan fingerprint density at radius 3 is 3.00 bits per heavy atom. The van der Waals surface area contributed by atoms with Crippen LogP contribution in [-0.4, -0.2) is 43.2 Å². The fourth-order valence-electron chi connectivity index (χ4n) is 2.74. The van der Waals surface area contributed by atoms with E-state index in [4.69, 9.17) is 5.73 Å². The van der Waals surface area contributed by atoms with Gasteiger partial charge in [0.05, 0.1) is 6.04 Å². The van der Waals surface area contributed by atoms with Crippen molar-refractivity contribution < 1.29 is 9.18 Å². The molecule has 2 fully saturated rings. The molecule has 5 nitrogen and oxygen atoms in total. The summed E-state index contributed by atoms with van der Waals surface area (Å²) in [4.78, 5) is 15.5. The summed E-state index contributed by atoms with van der Waals surface area (Å²) in [5.74, 6) is -0.261. The molecule has 2 aliphatic heterocycles. The number of amides is 2. The van der Waals surface area contributed by atoms with Crippen molar-refractivity contribution in [3.8, 4) is 0 Å². The molecule has 0 bridgehead atoms. The molecule has 1 aromatic carbocycles. The molecule has 6 heteroatoms. The zero-order chi connectivity index (χ0) is 13.4. The number of fused-ring (bicyclic) bond motifs is 1. The van der Waals surface area contributed by atoms with E-state index < -0.39 is 0 Å². The summed E-state index contributed by atoms with van der Waals surface area (Å²) in [6, 6.07) is 5.34. The maximum Gasteiger partial charge on any atom is 0.317 e. The van der Waals surface area contributed by atoms with Gasteiger partial charge in [0.15, 0.2) is 0 Å². The number of halogens is 1. The fraction of sp³-hybridized carbons (Fsp3) is 0.462. The van der Waals surface area contributed by atoms with Crippen LogP contribution < -0.4 is 16.0 Å². The Kier molecular flexibility index (Phi) is 3.02. The molecule has 0 saturated carbocycles. The van der Waals surface area contributed by atoms with Gasteiger partial charge in [0.1, 0.15) is 5.82 Å². The number of nitrogens with two attached hydrogens (primary N) is 1. The number of urea groups is 1. The number of rotatable bonds is 2. The van der Waals surface area contributed by atoms with Gasteiger partial charge in [-0.15, -0.1) is 0 Å². The molecule has 2 amide bonds. The highest BCUT2D eigenvalue weighted by Gasteiger charge is 2.35. The van der Waals surface area contributed by atoms with Crippen molar-refractivity contribution in [3.63, 3.8) is 0 Å². The number of piperazine rings is 1. The molecule has 1 aromatic rings. The molecule has 2 saturated heterocycles. The van der Waals surface area contributed by atoms with Gasteiger partial charge >= 0.3 is 6.03 Å². The second-order valence-electron chi connectivity index (χ2n) is 4.96. The molecule has 2 aliphatic rings. The van der Waals surface area contributed by atoms with Crippen molar-refractivity contribution in [2.75, 3.05) is 31.1 Å². The lowest BCUT2D eigenvalue weighted by Gasteiger charge is -2.37. The third-order valence-electron chi connectivity index (χ3n) is 3.85. The van der Waals surface area contributed by atoms with Crippen LogP contribution in [0, 0.1) is 5.82 Å². The van der Waals surface area contributed by atoms with Crippen molar-refractivity contribution in [2.45, 2.75) is 12.6 Å². The monoisotopic (exact) mass is 264 g/mol. The quantitative estimate of drug-likeness (QED) is 0.817. The first-order chi connectivity index (χ1) is 9.19. The fourth-order valence-corrected chi connectivity index (χ4v) is 2.74. The third-order valence-corrected chi connectivity index (χ3v) is 3.85. The minimum Gasteiger partial charge on any atom is -0.368 e. The van der Waals surface area contributed by atoms with E-state index in [1.807, 2.05) is 11.0 Å². The van der Waals surface area contributed by atoms with Crippen molar-refractivity contribution >= 4 is 11.7 Å². The number of nitrogens with one attached hydrogen (secondary N) is 1. The second kappa shape index (κ2) is 4.70. The van der Waals surface area contributed by atoms with Gasteiger partial charge in [0, 0.05) is 44.0 Å². The maximum absolute atomic E-state index is 13.8. The van der Waals surface area contributed by atoms with Gasteiger partial charge in [-0.05, 0) is 12.1 Å². The zero-order valence-corrected chi connectivity index (χ0v) is 10.6. The number of hydrogen-bond acceptors (Lipinski definition) is 3. The van der Waals surface area contributed by atoms with Crippen molar-refractivity contribution in [1.29, 1.82) is 0 Å². The second-order valence-corrected chi connectivity index (χ2v) is 4.96. The van der Waals surface area contributed by atoms with Crippen LogP contribution in [0.1, 0.15) is 5.56 Å². The normalized spacial score (nSPS) is 22.4. The Bertz CT molecular complexity index is 507. The molecular formula is C13H17FN4O. The zero-order valence-electron chi connectivity index (χ0n) is 10.6. The van der Waals surface area contributed by atoms with Crippen LogP contribution in [0.2, 0.25) is 0 Å². The molecule has 0 aliphatic carbocycles. The highest BCUT2D eigenvalue weighted by molar-refractivity contribution is 5.77. The lowest BCUT2D eigenvalue weighted by Crippen LogP contribution is -2.52. The topological polar surface area (TPSA) is 61.6 Å². The summed E-state index contributed by atoms with van der Waals surface area (Å²) in [6.07, 6.45) is 0. The van der Waals surface area contributed by atoms with E-state index >= 15 is 0 Å². The van der Waals surface area contributed by atoms with Crippen molar-refractivity contribution in [1.82, 2.24) is 10.2 Å². The van der Waals surface area contributed by atoms with Crippen LogP contribution in [0.5, 0.6) is 0 Å². The Morgan fingerprint density at radius 2 is 2.26 bits per heavy atom. The molecule has 0 spiro atoms. The van der Waals surface area contributed by atoms with Gasteiger partial charge in [-0.1, -0.05) is 6.07 Å². The maximum atomic E-state index is 13.8. The van der Waals surface area contributed by atoms with Crippen LogP contribution in [-0.2, 0) is 6.54 Å². The highest BCUT2D eigenvalue weighted by Crippen LogP contribution is 2.23. The number of carbonyl (C=O) groups excluding carboxylic acids is 1.